The van der Waals surface area contributed by atoms with E-state index in [9.17, 15) is 13.2 Å². The largest absolute Gasteiger partial charge is 0.355 e. The van der Waals surface area contributed by atoms with E-state index in [4.69, 9.17) is 5.26 Å². The van der Waals surface area contributed by atoms with Crippen LogP contribution in [0.25, 0.3) is 0 Å². The molecule has 0 atom stereocenters. The average Bonchev–Trinajstić information content (AvgIpc) is 2.43. The maximum Gasteiger partial charge on any atom is 0.241 e. The molecule has 0 heterocycles. The number of carbonyl (C=O) groups is 1. The maximum absolute atomic E-state index is 11.9. The van der Waals surface area contributed by atoms with Crippen LogP contribution >= 0.6 is 0 Å². The van der Waals surface area contributed by atoms with Crippen LogP contribution in [0.15, 0.2) is 29.2 Å². The lowest BCUT2D eigenvalue weighted by Crippen LogP contribution is -2.38. The van der Waals surface area contributed by atoms with Gasteiger partial charge >= 0.3 is 0 Å². The molecule has 7 heteroatoms. The van der Waals surface area contributed by atoms with Gasteiger partial charge in [0, 0.05) is 6.54 Å². The molecular weight excluding hydrogens is 278 g/mol. The van der Waals surface area contributed by atoms with Gasteiger partial charge < -0.3 is 5.32 Å². The smallest absolute Gasteiger partial charge is 0.241 e. The molecule has 0 spiro atoms. The summed E-state index contributed by atoms with van der Waals surface area (Å²) >= 11 is 0. The predicted molar refractivity (Wildman–Crippen MR) is 74.2 cm³/mol. The normalized spacial score (nSPS) is 11.1. The first-order valence-corrected chi connectivity index (χ1v) is 7.60. The number of nitrogens with zero attached hydrogens (tertiary/aromatic N) is 1. The molecule has 1 rings (SSSR count). The van der Waals surface area contributed by atoms with Gasteiger partial charge in [-0.15, -0.1) is 0 Å². The Balaban J connectivity index is 2.66. The van der Waals surface area contributed by atoms with Crippen LogP contribution in [-0.4, -0.2) is 27.4 Å². The van der Waals surface area contributed by atoms with Crippen molar-refractivity contribution < 1.29 is 13.2 Å². The Labute approximate surface area is 118 Å². The standard InChI is InChI=1S/C13H17N3O3S/c1-10(2)8-15-13(17)9-16-20(18,19)12-5-3-4-11(6-12)7-14/h3-6,10,16H,8-9H2,1-2H3,(H,15,17). The summed E-state index contributed by atoms with van der Waals surface area (Å²) in [5.41, 5.74) is 0.247. The van der Waals surface area contributed by atoms with Gasteiger partial charge in [0.05, 0.1) is 23.1 Å². The quantitative estimate of drug-likeness (QED) is 0.803. The van der Waals surface area contributed by atoms with Crippen LogP contribution in [0, 0.1) is 17.2 Å². The van der Waals surface area contributed by atoms with Crippen molar-refractivity contribution in [2.45, 2.75) is 18.7 Å². The second-order valence-corrected chi connectivity index (χ2v) is 6.43. The first-order valence-electron chi connectivity index (χ1n) is 6.11. The highest BCUT2D eigenvalue weighted by molar-refractivity contribution is 7.89. The van der Waals surface area contributed by atoms with Crippen molar-refractivity contribution in [1.82, 2.24) is 10.0 Å². The number of amides is 1. The number of carbonyl (C=O) groups excluding carboxylic acids is 1. The van der Waals surface area contributed by atoms with Gasteiger partial charge in [0.2, 0.25) is 15.9 Å². The molecule has 0 aliphatic heterocycles. The molecule has 0 aromatic heterocycles. The van der Waals surface area contributed by atoms with Crippen LogP contribution in [0.4, 0.5) is 0 Å². The molecule has 20 heavy (non-hydrogen) atoms. The van der Waals surface area contributed by atoms with E-state index in [1.54, 1.807) is 0 Å². The van der Waals surface area contributed by atoms with E-state index in [0.29, 0.717) is 12.5 Å². The molecule has 1 aromatic carbocycles. The van der Waals surface area contributed by atoms with Gasteiger partial charge in [-0.3, -0.25) is 4.79 Å². The van der Waals surface area contributed by atoms with E-state index >= 15 is 0 Å². The van der Waals surface area contributed by atoms with Crippen molar-refractivity contribution in [1.29, 1.82) is 5.26 Å². The van der Waals surface area contributed by atoms with Crippen LogP contribution < -0.4 is 10.0 Å². The number of hydrogen-bond donors (Lipinski definition) is 2. The minimum atomic E-state index is -3.79. The first-order chi connectivity index (χ1) is 9.35. The van der Waals surface area contributed by atoms with E-state index in [0.717, 1.165) is 0 Å². The third-order valence-electron chi connectivity index (χ3n) is 2.40. The Hall–Kier alpha value is -1.91. The van der Waals surface area contributed by atoms with Gasteiger partial charge in [-0.25, -0.2) is 13.1 Å². The topological polar surface area (TPSA) is 99.1 Å². The molecule has 0 bridgehead atoms. The van der Waals surface area contributed by atoms with Gasteiger partial charge in [-0.1, -0.05) is 19.9 Å². The number of nitriles is 1. The molecule has 0 fully saturated rings. The minimum Gasteiger partial charge on any atom is -0.355 e. The summed E-state index contributed by atoms with van der Waals surface area (Å²) in [5, 5.41) is 11.3. The second-order valence-electron chi connectivity index (χ2n) is 4.66. The zero-order valence-electron chi connectivity index (χ0n) is 11.4. The van der Waals surface area contributed by atoms with Crippen molar-refractivity contribution in [3.05, 3.63) is 29.8 Å². The van der Waals surface area contributed by atoms with Crippen LogP contribution in [0.5, 0.6) is 0 Å². The Morgan fingerprint density at radius 1 is 1.40 bits per heavy atom. The summed E-state index contributed by atoms with van der Waals surface area (Å²) in [7, 11) is -3.79. The summed E-state index contributed by atoms with van der Waals surface area (Å²) in [4.78, 5) is 11.4. The van der Waals surface area contributed by atoms with E-state index in [-0.39, 0.29) is 17.0 Å². The zero-order valence-corrected chi connectivity index (χ0v) is 12.2. The summed E-state index contributed by atoms with van der Waals surface area (Å²) in [6, 6.07) is 7.48. The van der Waals surface area contributed by atoms with E-state index in [2.05, 4.69) is 10.0 Å². The number of hydrogen-bond acceptors (Lipinski definition) is 4. The Kier molecular flexibility index (Phi) is 5.67. The molecule has 0 aliphatic rings. The number of nitrogens with one attached hydrogen (secondary N) is 2. The van der Waals surface area contributed by atoms with E-state index in [1.807, 2.05) is 19.9 Å². The van der Waals surface area contributed by atoms with Crippen LogP contribution in [0.1, 0.15) is 19.4 Å². The summed E-state index contributed by atoms with van der Waals surface area (Å²) in [5.74, 6) is -0.0958. The Morgan fingerprint density at radius 2 is 2.10 bits per heavy atom. The highest BCUT2D eigenvalue weighted by atomic mass is 32.2. The molecule has 1 amide bonds. The molecule has 0 unspecified atom stereocenters. The predicted octanol–water partition coefficient (Wildman–Crippen LogP) is 0.609. The Morgan fingerprint density at radius 3 is 2.70 bits per heavy atom. The lowest BCUT2D eigenvalue weighted by Gasteiger charge is -2.09. The summed E-state index contributed by atoms with van der Waals surface area (Å²) < 4.78 is 26.1. The van der Waals surface area contributed by atoms with Gasteiger partial charge in [-0.2, -0.15) is 5.26 Å². The molecule has 0 aliphatic carbocycles. The van der Waals surface area contributed by atoms with Crippen molar-refractivity contribution >= 4 is 15.9 Å². The van der Waals surface area contributed by atoms with Crippen LogP contribution in [0.3, 0.4) is 0 Å². The minimum absolute atomic E-state index is 0.0341. The van der Waals surface area contributed by atoms with Gasteiger partial charge in [0.1, 0.15) is 0 Å². The van der Waals surface area contributed by atoms with Crippen LogP contribution in [0.2, 0.25) is 0 Å². The SMILES string of the molecule is CC(C)CNC(=O)CNS(=O)(=O)c1cccc(C#N)c1. The molecule has 6 nitrogen and oxygen atoms in total. The van der Waals surface area contributed by atoms with Crippen LogP contribution in [-0.2, 0) is 14.8 Å². The molecule has 0 saturated carbocycles. The van der Waals surface area contributed by atoms with Crippen molar-refractivity contribution in [3.8, 4) is 6.07 Å². The molecular formula is C13H17N3O3S. The molecule has 2 N–H and O–H groups in total. The number of rotatable bonds is 6. The number of sulfonamides is 1. The summed E-state index contributed by atoms with van der Waals surface area (Å²) in [6.45, 7) is 4.05. The summed E-state index contributed by atoms with van der Waals surface area (Å²) in [6.07, 6.45) is 0. The number of benzene rings is 1. The fourth-order valence-electron chi connectivity index (χ4n) is 1.36. The lowest BCUT2D eigenvalue weighted by atomic mass is 10.2. The third kappa shape index (κ3) is 4.99. The molecule has 108 valence electrons. The van der Waals surface area contributed by atoms with E-state index < -0.39 is 15.9 Å². The average molecular weight is 295 g/mol. The van der Waals surface area contributed by atoms with Gasteiger partial charge in [0.15, 0.2) is 0 Å². The lowest BCUT2D eigenvalue weighted by molar-refractivity contribution is -0.120. The second kappa shape index (κ2) is 7.03. The van der Waals surface area contributed by atoms with Crippen molar-refractivity contribution in [2.24, 2.45) is 5.92 Å². The molecule has 0 radical (unpaired) electrons. The zero-order chi connectivity index (χ0) is 15.2. The highest BCUT2D eigenvalue weighted by Gasteiger charge is 2.15. The first kappa shape index (κ1) is 16.1. The molecule has 1 aromatic rings. The van der Waals surface area contributed by atoms with Crippen molar-refractivity contribution in [3.63, 3.8) is 0 Å². The molecule has 0 saturated heterocycles. The monoisotopic (exact) mass is 295 g/mol. The third-order valence-corrected chi connectivity index (χ3v) is 3.80. The fraction of sp³-hybridized carbons (Fsp3) is 0.385. The van der Waals surface area contributed by atoms with E-state index in [1.165, 1.54) is 24.3 Å². The highest BCUT2D eigenvalue weighted by Crippen LogP contribution is 2.10. The maximum atomic E-state index is 11.9. The van der Waals surface area contributed by atoms with Gasteiger partial charge in [-0.05, 0) is 24.1 Å². The van der Waals surface area contributed by atoms with Crippen molar-refractivity contribution in [2.75, 3.05) is 13.1 Å². The Bertz CT molecular complexity index is 618. The van der Waals surface area contributed by atoms with Gasteiger partial charge in [0.25, 0.3) is 0 Å². The fourth-order valence-corrected chi connectivity index (χ4v) is 2.38.